The molecule has 0 aliphatic carbocycles. The van der Waals surface area contributed by atoms with Crippen LogP contribution in [0.3, 0.4) is 0 Å². The normalized spacial score (nSPS) is 25.6. The molecule has 1 aliphatic heterocycles. The molecule has 0 N–H and O–H groups in total. The van der Waals surface area contributed by atoms with Gasteiger partial charge in [0, 0.05) is 9.75 Å². The van der Waals surface area contributed by atoms with E-state index in [-0.39, 0.29) is 10.6 Å². The van der Waals surface area contributed by atoms with E-state index in [1.807, 2.05) is 12.1 Å². The molecular formula is C12H17ClO2S2. The van der Waals surface area contributed by atoms with E-state index in [0.717, 1.165) is 24.1 Å². The van der Waals surface area contributed by atoms with Crippen LogP contribution in [0.2, 0.25) is 0 Å². The van der Waals surface area contributed by atoms with E-state index < -0.39 is 9.84 Å². The Morgan fingerprint density at radius 3 is 2.82 bits per heavy atom. The summed E-state index contributed by atoms with van der Waals surface area (Å²) < 4.78 is 24.0. The maximum atomic E-state index is 12.0. The molecule has 1 aromatic rings. The minimum absolute atomic E-state index is 0.299. The van der Waals surface area contributed by atoms with Crippen molar-refractivity contribution in [1.82, 2.24) is 0 Å². The fourth-order valence-corrected chi connectivity index (χ4v) is 6.05. The highest BCUT2D eigenvalue weighted by Gasteiger charge is 2.35. The molecule has 0 bridgehead atoms. The third kappa shape index (κ3) is 2.85. The summed E-state index contributed by atoms with van der Waals surface area (Å²) in [6.45, 7) is 2.09. The first kappa shape index (κ1) is 13.4. The predicted molar refractivity (Wildman–Crippen MR) is 73.7 cm³/mol. The first-order valence-corrected chi connectivity index (χ1v) is 8.95. The Balaban J connectivity index is 2.21. The fraction of sp³-hybridized carbons (Fsp3) is 0.667. The van der Waals surface area contributed by atoms with Gasteiger partial charge >= 0.3 is 0 Å². The van der Waals surface area contributed by atoms with Crippen LogP contribution in [0, 0.1) is 0 Å². The number of halogens is 1. The van der Waals surface area contributed by atoms with Gasteiger partial charge < -0.3 is 0 Å². The fourth-order valence-electron chi connectivity index (χ4n) is 2.22. The van der Waals surface area contributed by atoms with Crippen molar-refractivity contribution in [3.63, 3.8) is 0 Å². The van der Waals surface area contributed by atoms with E-state index in [4.69, 9.17) is 11.6 Å². The molecule has 96 valence electrons. The van der Waals surface area contributed by atoms with Gasteiger partial charge in [-0.05, 0) is 31.4 Å². The Labute approximate surface area is 112 Å². The van der Waals surface area contributed by atoms with Crippen LogP contribution in [0.5, 0.6) is 0 Å². The summed E-state index contributed by atoms with van der Waals surface area (Å²) in [4.78, 5) is 2.26. The molecule has 2 rings (SSSR count). The molecule has 0 radical (unpaired) electrons. The van der Waals surface area contributed by atoms with E-state index >= 15 is 0 Å². The molecular weight excluding hydrogens is 276 g/mol. The largest absolute Gasteiger partial charge is 0.228 e. The van der Waals surface area contributed by atoms with Gasteiger partial charge in [0.1, 0.15) is 0 Å². The van der Waals surface area contributed by atoms with Crippen LogP contribution in [-0.4, -0.2) is 19.4 Å². The molecule has 1 aliphatic rings. The first-order valence-electron chi connectivity index (χ1n) is 5.99. The molecule has 0 amide bonds. The van der Waals surface area contributed by atoms with Crippen molar-refractivity contribution in [3.05, 3.63) is 21.9 Å². The van der Waals surface area contributed by atoms with E-state index in [0.29, 0.717) is 12.2 Å². The van der Waals surface area contributed by atoms with Crippen LogP contribution in [0.1, 0.15) is 41.3 Å². The van der Waals surface area contributed by atoms with Crippen molar-refractivity contribution < 1.29 is 8.42 Å². The number of alkyl halides is 1. The summed E-state index contributed by atoms with van der Waals surface area (Å²) in [6.07, 6.45) is 3.44. The van der Waals surface area contributed by atoms with Crippen molar-refractivity contribution in [2.45, 2.75) is 43.2 Å². The molecule has 2 atom stereocenters. The smallest absolute Gasteiger partial charge is 0.154 e. The lowest BCUT2D eigenvalue weighted by Gasteiger charge is -2.25. The van der Waals surface area contributed by atoms with Crippen LogP contribution in [-0.2, 0) is 16.3 Å². The van der Waals surface area contributed by atoms with Gasteiger partial charge in [0.05, 0.1) is 16.4 Å². The Morgan fingerprint density at radius 1 is 1.47 bits per heavy atom. The molecule has 0 spiro atoms. The standard InChI is InChI=1S/C12H17ClO2S2/c1-2-9-6-7-10(16-9)12(13)11-5-3-4-8-17(11,14)15/h6-7,11-12H,2-5,8H2,1H3. The van der Waals surface area contributed by atoms with Gasteiger partial charge in [0.2, 0.25) is 0 Å². The van der Waals surface area contributed by atoms with E-state index in [1.165, 1.54) is 4.88 Å². The highest BCUT2D eigenvalue weighted by molar-refractivity contribution is 7.92. The highest BCUT2D eigenvalue weighted by Crippen LogP contribution is 2.38. The van der Waals surface area contributed by atoms with Gasteiger partial charge in [-0.15, -0.1) is 22.9 Å². The third-order valence-electron chi connectivity index (χ3n) is 3.26. The molecule has 0 aromatic carbocycles. The second-order valence-corrected chi connectivity index (χ2v) is 8.47. The van der Waals surface area contributed by atoms with Gasteiger partial charge in [-0.2, -0.15) is 0 Å². The van der Waals surface area contributed by atoms with Gasteiger partial charge in [0.15, 0.2) is 9.84 Å². The van der Waals surface area contributed by atoms with E-state index in [1.54, 1.807) is 11.3 Å². The second-order valence-electron chi connectivity index (χ2n) is 4.46. The number of hydrogen-bond acceptors (Lipinski definition) is 3. The highest BCUT2D eigenvalue weighted by atomic mass is 35.5. The first-order chi connectivity index (χ1) is 8.04. The summed E-state index contributed by atoms with van der Waals surface area (Å²) >= 11 is 8.01. The van der Waals surface area contributed by atoms with Crippen LogP contribution in [0.4, 0.5) is 0 Å². The lowest BCUT2D eigenvalue weighted by atomic mass is 10.1. The number of rotatable bonds is 3. The maximum absolute atomic E-state index is 12.0. The molecule has 0 saturated carbocycles. The Morgan fingerprint density at radius 2 is 2.24 bits per heavy atom. The van der Waals surface area contributed by atoms with Gasteiger partial charge in [-0.1, -0.05) is 13.3 Å². The number of aryl methyl sites for hydroxylation is 1. The second kappa shape index (κ2) is 5.29. The summed E-state index contributed by atoms with van der Waals surface area (Å²) in [7, 11) is -2.99. The summed E-state index contributed by atoms with van der Waals surface area (Å²) in [5.74, 6) is 0.299. The molecule has 17 heavy (non-hydrogen) atoms. The third-order valence-corrected chi connectivity index (χ3v) is 7.68. The van der Waals surface area contributed by atoms with E-state index in [9.17, 15) is 8.42 Å². The van der Waals surface area contributed by atoms with Crippen molar-refractivity contribution >= 4 is 32.8 Å². The minimum atomic E-state index is -2.99. The lowest BCUT2D eigenvalue weighted by molar-refractivity contribution is 0.535. The van der Waals surface area contributed by atoms with Crippen LogP contribution in [0.25, 0.3) is 0 Å². The van der Waals surface area contributed by atoms with Gasteiger partial charge in [0.25, 0.3) is 0 Å². The summed E-state index contributed by atoms with van der Waals surface area (Å²) in [6, 6.07) is 4.02. The zero-order valence-electron chi connectivity index (χ0n) is 9.86. The Hall–Kier alpha value is -0.0600. The average molecular weight is 293 g/mol. The predicted octanol–water partition coefficient (Wildman–Crippen LogP) is 3.56. The van der Waals surface area contributed by atoms with Crippen LogP contribution >= 0.6 is 22.9 Å². The molecule has 2 nitrogen and oxygen atoms in total. The van der Waals surface area contributed by atoms with Crippen molar-refractivity contribution in [1.29, 1.82) is 0 Å². The van der Waals surface area contributed by atoms with Crippen molar-refractivity contribution in [3.8, 4) is 0 Å². The Kier molecular flexibility index (Phi) is 4.16. The lowest BCUT2D eigenvalue weighted by Crippen LogP contribution is -2.31. The zero-order chi connectivity index (χ0) is 12.5. The zero-order valence-corrected chi connectivity index (χ0v) is 12.2. The summed E-state index contributed by atoms with van der Waals surface area (Å²) in [5.41, 5.74) is 0. The molecule has 1 fully saturated rings. The number of thiophene rings is 1. The van der Waals surface area contributed by atoms with Crippen LogP contribution in [0.15, 0.2) is 12.1 Å². The van der Waals surface area contributed by atoms with E-state index in [2.05, 4.69) is 6.92 Å². The average Bonchev–Trinajstić information content (AvgIpc) is 2.76. The monoisotopic (exact) mass is 292 g/mol. The molecule has 5 heteroatoms. The molecule has 1 saturated heterocycles. The quantitative estimate of drug-likeness (QED) is 0.798. The number of sulfone groups is 1. The maximum Gasteiger partial charge on any atom is 0.154 e. The van der Waals surface area contributed by atoms with Gasteiger partial charge in [-0.25, -0.2) is 8.42 Å². The topological polar surface area (TPSA) is 34.1 Å². The molecule has 1 aromatic heterocycles. The molecule has 2 unspecified atom stereocenters. The molecule has 2 heterocycles. The van der Waals surface area contributed by atoms with Crippen LogP contribution < -0.4 is 0 Å². The van der Waals surface area contributed by atoms with Gasteiger partial charge in [-0.3, -0.25) is 0 Å². The van der Waals surface area contributed by atoms with Crippen molar-refractivity contribution in [2.24, 2.45) is 0 Å². The SMILES string of the molecule is CCc1ccc(C(Cl)C2CCCCS2(=O)=O)s1. The van der Waals surface area contributed by atoms with Crippen molar-refractivity contribution in [2.75, 3.05) is 5.75 Å². The minimum Gasteiger partial charge on any atom is -0.228 e. The number of hydrogen-bond donors (Lipinski definition) is 0. The summed E-state index contributed by atoms with van der Waals surface area (Å²) in [5, 5.41) is -0.758. The Bertz CT molecular complexity index is 478.